The molecule has 7 nitrogen and oxygen atoms in total. The fourth-order valence-electron chi connectivity index (χ4n) is 1.63. The number of H-pyrrole nitrogens is 2. The summed E-state index contributed by atoms with van der Waals surface area (Å²) in [5.74, 6) is -0.637. The van der Waals surface area contributed by atoms with E-state index >= 15 is 0 Å². The van der Waals surface area contributed by atoms with Gasteiger partial charge >= 0.3 is 5.69 Å². The lowest BCUT2D eigenvalue weighted by Gasteiger charge is -2.11. The van der Waals surface area contributed by atoms with Gasteiger partial charge in [0.15, 0.2) is 0 Å². The third-order valence-corrected chi connectivity index (χ3v) is 2.53. The number of hydrogen-bond donors (Lipinski definition) is 4. The van der Waals surface area contributed by atoms with Gasteiger partial charge in [-0.05, 0) is 5.56 Å². The molecule has 19 heavy (non-hydrogen) atoms. The topological polar surface area (TPSA) is 111 Å². The zero-order valence-electron chi connectivity index (χ0n) is 10.1. The van der Waals surface area contributed by atoms with E-state index < -0.39 is 17.7 Å². The molecule has 100 valence electrons. The third kappa shape index (κ3) is 3.78. The molecule has 0 bridgehead atoms. The van der Waals surface area contributed by atoms with Gasteiger partial charge in [0.05, 0.1) is 6.10 Å². The van der Waals surface area contributed by atoms with E-state index in [2.05, 4.69) is 20.5 Å². The van der Waals surface area contributed by atoms with Crippen molar-refractivity contribution in [2.24, 2.45) is 0 Å². The monoisotopic (exact) mass is 262 g/mol. The molecular formula is C12H14N4O3. The fraction of sp³-hybridized carbons (Fsp3) is 0.250. The number of benzene rings is 1. The minimum Gasteiger partial charge on any atom is -0.391 e. The number of hydrogen-bond acceptors (Lipinski definition) is 4. The highest BCUT2D eigenvalue weighted by Crippen LogP contribution is 2.02. The summed E-state index contributed by atoms with van der Waals surface area (Å²) < 4.78 is 0. The van der Waals surface area contributed by atoms with E-state index in [9.17, 15) is 14.7 Å². The molecule has 1 atom stereocenters. The number of aromatic nitrogens is 3. The van der Waals surface area contributed by atoms with Gasteiger partial charge in [-0.2, -0.15) is 0 Å². The van der Waals surface area contributed by atoms with Gasteiger partial charge in [-0.1, -0.05) is 30.3 Å². The van der Waals surface area contributed by atoms with Crippen molar-refractivity contribution in [2.75, 3.05) is 6.54 Å². The minimum atomic E-state index is -0.697. The highest BCUT2D eigenvalue weighted by atomic mass is 16.3. The summed E-state index contributed by atoms with van der Waals surface area (Å²) >= 11 is 0. The predicted molar refractivity (Wildman–Crippen MR) is 67.7 cm³/mol. The van der Waals surface area contributed by atoms with Gasteiger partial charge in [0, 0.05) is 13.0 Å². The molecule has 0 aliphatic heterocycles. The lowest BCUT2D eigenvalue weighted by molar-refractivity contribution is 0.0906. The van der Waals surface area contributed by atoms with Gasteiger partial charge in [0.25, 0.3) is 5.91 Å². The van der Waals surface area contributed by atoms with Crippen LogP contribution >= 0.6 is 0 Å². The molecule has 1 unspecified atom stereocenters. The first-order valence-corrected chi connectivity index (χ1v) is 5.80. The molecule has 1 aromatic heterocycles. The molecule has 1 amide bonds. The molecule has 0 spiro atoms. The van der Waals surface area contributed by atoms with Crippen LogP contribution in [-0.4, -0.2) is 38.8 Å². The minimum absolute atomic E-state index is 0.0859. The van der Waals surface area contributed by atoms with E-state index in [-0.39, 0.29) is 12.4 Å². The molecule has 7 heteroatoms. The van der Waals surface area contributed by atoms with Crippen molar-refractivity contribution < 1.29 is 9.90 Å². The highest BCUT2D eigenvalue weighted by Gasteiger charge is 2.12. The molecule has 1 aromatic carbocycles. The van der Waals surface area contributed by atoms with Gasteiger partial charge in [0.1, 0.15) is 0 Å². The van der Waals surface area contributed by atoms with Crippen molar-refractivity contribution >= 4 is 5.91 Å². The number of nitrogens with one attached hydrogen (secondary N) is 3. The van der Waals surface area contributed by atoms with Gasteiger partial charge in [-0.3, -0.25) is 9.78 Å². The van der Waals surface area contributed by atoms with E-state index in [0.29, 0.717) is 6.42 Å². The maximum Gasteiger partial charge on any atom is 0.341 e. The van der Waals surface area contributed by atoms with E-state index in [1.807, 2.05) is 30.3 Å². The number of carbonyl (C=O) groups is 1. The van der Waals surface area contributed by atoms with E-state index in [4.69, 9.17) is 0 Å². The molecule has 4 N–H and O–H groups in total. The Morgan fingerprint density at radius 3 is 2.74 bits per heavy atom. The summed E-state index contributed by atoms with van der Waals surface area (Å²) in [4.78, 5) is 24.5. The smallest absolute Gasteiger partial charge is 0.341 e. The maximum absolute atomic E-state index is 11.5. The SMILES string of the molecule is O=C(NCC(O)Cc1ccccc1)c1n[nH]c(=O)[nH]1. The summed E-state index contributed by atoms with van der Waals surface area (Å²) in [6.07, 6.45) is -0.255. The number of aromatic amines is 2. The van der Waals surface area contributed by atoms with E-state index in [1.54, 1.807) is 0 Å². The van der Waals surface area contributed by atoms with Crippen LogP contribution < -0.4 is 11.0 Å². The van der Waals surface area contributed by atoms with Crippen molar-refractivity contribution in [3.8, 4) is 0 Å². The van der Waals surface area contributed by atoms with Gasteiger partial charge < -0.3 is 10.4 Å². The summed E-state index contributed by atoms with van der Waals surface area (Å²) in [6, 6.07) is 9.46. The Bertz CT molecular complexity index is 590. The van der Waals surface area contributed by atoms with Crippen molar-refractivity contribution in [3.63, 3.8) is 0 Å². The number of aliphatic hydroxyl groups excluding tert-OH is 1. The third-order valence-electron chi connectivity index (χ3n) is 2.53. The zero-order chi connectivity index (χ0) is 13.7. The summed E-state index contributed by atoms with van der Waals surface area (Å²) in [6.45, 7) is 0.0859. The Balaban J connectivity index is 1.82. The lowest BCUT2D eigenvalue weighted by Crippen LogP contribution is -2.34. The Morgan fingerprint density at radius 2 is 2.11 bits per heavy atom. The van der Waals surface area contributed by atoms with E-state index in [0.717, 1.165) is 5.56 Å². The second-order valence-corrected chi connectivity index (χ2v) is 4.08. The average Bonchev–Trinajstić information content (AvgIpc) is 2.84. The predicted octanol–water partition coefficient (Wildman–Crippen LogP) is -0.569. The number of carbonyl (C=O) groups excluding carboxylic acids is 1. The molecule has 1 heterocycles. The molecule has 0 radical (unpaired) electrons. The molecule has 2 rings (SSSR count). The second-order valence-electron chi connectivity index (χ2n) is 4.08. The highest BCUT2D eigenvalue weighted by molar-refractivity contribution is 5.90. The van der Waals surface area contributed by atoms with Gasteiger partial charge in [0.2, 0.25) is 5.82 Å². The first-order chi connectivity index (χ1) is 9.15. The van der Waals surface area contributed by atoms with Crippen LogP contribution in [0.25, 0.3) is 0 Å². The van der Waals surface area contributed by atoms with Crippen molar-refractivity contribution in [1.82, 2.24) is 20.5 Å². The molecule has 0 saturated heterocycles. The maximum atomic E-state index is 11.5. The lowest BCUT2D eigenvalue weighted by atomic mass is 10.1. The Morgan fingerprint density at radius 1 is 1.37 bits per heavy atom. The quantitative estimate of drug-likeness (QED) is 0.578. The van der Waals surface area contributed by atoms with Crippen LogP contribution in [0.1, 0.15) is 16.2 Å². The van der Waals surface area contributed by atoms with Crippen molar-refractivity contribution in [2.45, 2.75) is 12.5 Å². The number of aliphatic hydroxyl groups is 1. The van der Waals surface area contributed by atoms with Crippen LogP contribution in [-0.2, 0) is 6.42 Å². The Labute approximate surface area is 108 Å². The van der Waals surface area contributed by atoms with Crippen LogP contribution in [0.15, 0.2) is 35.1 Å². The normalized spacial score (nSPS) is 12.1. The number of amides is 1. The molecule has 0 saturated carbocycles. The molecule has 0 aliphatic carbocycles. The van der Waals surface area contributed by atoms with Crippen LogP contribution in [0, 0.1) is 0 Å². The standard InChI is InChI=1S/C12H14N4O3/c17-9(6-8-4-2-1-3-5-8)7-13-11(18)10-14-12(19)16-15-10/h1-5,9,17H,6-7H2,(H,13,18)(H2,14,15,16,19). The number of rotatable bonds is 5. The Kier molecular flexibility index (Phi) is 4.09. The first kappa shape index (κ1) is 13.0. The first-order valence-electron chi connectivity index (χ1n) is 5.80. The van der Waals surface area contributed by atoms with Gasteiger partial charge in [-0.15, -0.1) is 5.10 Å². The fourth-order valence-corrected chi connectivity index (χ4v) is 1.63. The molecule has 0 aliphatic rings. The molecule has 0 fully saturated rings. The van der Waals surface area contributed by atoms with Gasteiger partial charge in [-0.25, -0.2) is 9.89 Å². The Hall–Kier alpha value is -2.41. The summed E-state index contributed by atoms with van der Waals surface area (Å²) in [7, 11) is 0. The summed E-state index contributed by atoms with van der Waals surface area (Å²) in [5, 5.41) is 17.9. The zero-order valence-corrected chi connectivity index (χ0v) is 10.1. The van der Waals surface area contributed by atoms with Crippen LogP contribution in [0.3, 0.4) is 0 Å². The number of nitrogens with zero attached hydrogens (tertiary/aromatic N) is 1. The van der Waals surface area contributed by atoms with Crippen LogP contribution in [0.4, 0.5) is 0 Å². The molecular weight excluding hydrogens is 248 g/mol. The second kappa shape index (κ2) is 5.96. The van der Waals surface area contributed by atoms with Crippen LogP contribution in [0.2, 0.25) is 0 Å². The van der Waals surface area contributed by atoms with Crippen molar-refractivity contribution in [1.29, 1.82) is 0 Å². The summed E-state index contributed by atoms with van der Waals surface area (Å²) in [5.41, 5.74) is 0.437. The molecule has 2 aromatic rings. The van der Waals surface area contributed by atoms with E-state index in [1.165, 1.54) is 0 Å². The van der Waals surface area contributed by atoms with Crippen LogP contribution in [0.5, 0.6) is 0 Å². The van der Waals surface area contributed by atoms with Crippen molar-refractivity contribution in [3.05, 3.63) is 52.2 Å². The largest absolute Gasteiger partial charge is 0.391 e. The average molecular weight is 262 g/mol.